The minimum Gasteiger partial charge on any atom is -0.508 e. The van der Waals surface area contributed by atoms with Crippen molar-refractivity contribution in [1.82, 2.24) is 0 Å². The number of phenols is 2. The first kappa shape index (κ1) is 18.0. The number of aromatic hydroxyl groups is 2. The summed E-state index contributed by atoms with van der Waals surface area (Å²) in [5, 5.41) is 35.2. The van der Waals surface area contributed by atoms with Crippen LogP contribution in [0.15, 0.2) is 60.7 Å². The van der Waals surface area contributed by atoms with Crippen LogP contribution >= 0.6 is 0 Å². The highest BCUT2D eigenvalue weighted by atomic mass is 16.6. The van der Waals surface area contributed by atoms with Gasteiger partial charge >= 0.3 is 5.97 Å². The molecule has 3 aromatic rings. The van der Waals surface area contributed by atoms with E-state index in [0.717, 1.165) is 5.56 Å². The van der Waals surface area contributed by atoms with Gasteiger partial charge in [-0.1, -0.05) is 30.3 Å². The Morgan fingerprint density at radius 2 is 1.73 bits per heavy atom. The van der Waals surface area contributed by atoms with Crippen molar-refractivity contribution in [3.8, 4) is 17.2 Å². The molecule has 0 aromatic heterocycles. The molecule has 0 bridgehead atoms. The molecule has 2 aliphatic rings. The molecule has 2 aliphatic heterocycles. The zero-order chi connectivity index (χ0) is 21.0. The molecule has 0 saturated heterocycles. The number of phenolic OH excluding ortho intramolecular Hbond substituents is 2. The summed E-state index contributed by atoms with van der Waals surface area (Å²) in [7, 11) is 0. The number of carbonyl (C=O) groups excluding carboxylic acids is 1. The average molecular weight is 404 g/mol. The molecule has 0 amide bonds. The number of hydrogen-bond acceptors (Lipinski definition) is 7. The molecule has 3 aromatic carbocycles. The van der Waals surface area contributed by atoms with Crippen LogP contribution in [-0.4, -0.2) is 21.1 Å². The fourth-order valence-corrected chi connectivity index (χ4v) is 4.45. The third-order valence-electron chi connectivity index (χ3n) is 5.72. The van der Waals surface area contributed by atoms with Crippen molar-refractivity contribution in [2.75, 3.05) is 5.32 Å². The van der Waals surface area contributed by atoms with Crippen molar-refractivity contribution in [3.05, 3.63) is 87.5 Å². The van der Waals surface area contributed by atoms with E-state index in [1.54, 1.807) is 24.3 Å². The smallest absolute Gasteiger partial charge is 0.317 e. The number of nitro groups is 1. The molecule has 3 atom stereocenters. The van der Waals surface area contributed by atoms with Gasteiger partial charge in [-0.25, -0.2) is 0 Å². The molecule has 0 aliphatic carbocycles. The van der Waals surface area contributed by atoms with E-state index in [9.17, 15) is 25.1 Å². The molecule has 30 heavy (non-hydrogen) atoms. The van der Waals surface area contributed by atoms with E-state index in [0.29, 0.717) is 11.3 Å². The number of nitrogens with one attached hydrogen (secondary N) is 1. The summed E-state index contributed by atoms with van der Waals surface area (Å²) in [6, 6.07) is 15.2. The molecule has 0 saturated carbocycles. The number of ether oxygens (including phenoxy) is 1. The van der Waals surface area contributed by atoms with Crippen LogP contribution in [0.5, 0.6) is 17.2 Å². The lowest BCUT2D eigenvalue weighted by Crippen LogP contribution is -2.42. The maximum Gasteiger partial charge on any atom is 0.317 e. The van der Waals surface area contributed by atoms with Gasteiger partial charge in [0, 0.05) is 17.5 Å². The van der Waals surface area contributed by atoms with Gasteiger partial charge < -0.3 is 20.3 Å². The standard InChI is InChI=1S/C22H16N2O6/c25-12-7-5-11(6-8-12)17-18-14(24(28)29)9-10-15(26)21(18)23-20-13-3-1-2-4-16(13)30-22(27)19(17)20/h1-10,17,19-20,23,25-26H/t17-,19+,20-/m0/s1. The molecular formula is C22H16N2O6. The van der Waals surface area contributed by atoms with Crippen molar-refractivity contribution < 1.29 is 24.7 Å². The average Bonchev–Trinajstić information content (AvgIpc) is 2.73. The Hall–Kier alpha value is -4.07. The minimum atomic E-state index is -0.808. The lowest BCUT2D eigenvalue weighted by molar-refractivity contribution is -0.385. The highest BCUT2D eigenvalue weighted by molar-refractivity contribution is 5.86. The van der Waals surface area contributed by atoms with Gasteiger partial charge in [-0.3, -0.25) is 14.9 Å². The second-order valence-corrected chi connectivity index (χ2v) is 7.33. The first-order valence-electron chi connectivity index (χ1n) is 9.32. The van der Waals surface area contributed by atoms with E-state index in [1.807, 2.05) is 12.1 Å². The first-order chi connectivity index (χ1) is 14.5. The van der Waals surface area contributed by atoms with E-state index < -0.39 is 28.8 Å². The van der Waals surface area contributed by atoms with Crippen LogP contribution in [0.2, 0.25) is 0 Å². The van der Waals surface area contributed by atoms with Gasteiger partial charge in [-0.05, 0) is 29.8 Å². The van der Waals surface area contributed by atoms with Gasteiger partial charge in [0.25, 0.3) is 5.69 Å². The van der Waals surface area contributed by atoms with Crippen LogP contribution < -0.4 is 10.1 Å². The number of para-hydroxylation sites is 1. The zero-order valence-corrected chi connectivity index (χ0v) is 15.5. The van der Waals surface area contributed by atoms with Gasteiger partial charge in [0.1, 0.15) is 17.2 Å². The number of nitro benzene ring substituents is 1. The Morgan fingerprint density at radius 3 is 2.47 bits per heavy atom. The summed E-state index contributed by atoms with van der Waals surface area (Å²) >= 11 is 0. The predicted octanol–water partition coefficient (Wildman–Crippen LogP) is 3.84. The van der Waals surface area contributed by atoms with E-state index in [4.69, 9.17) is 4.74 Å². The third kappa shape index (κ3) is 2.57. The Kier molecular flexibility index (Phi) is 3.89. The molecular weight excluding hydrogens is 388 g/mol. The summed E-state index contributed by atoms with van der Waals surface area (Å²) < 4.78 is 5.56. The van der Waals surface area contributed by atoms with Gasteiger partial charge in [-0.2, -0.15) is 0 Å². The maximum atomic E-state index is 13.1. The molecule has 150 valence electrons. The summed E-state index contributed by atoms with van der Waals surface area (Å²) in [6.45, 7) is 0. The minimum absolute atomic E-state index is 0.0337. The fourth-order valence-electron chi connectivity index (χ4n) is 4.45. The normalized spacial score (nSPS) is 21.5. The number of fused-ring (bicyclic) bond motifs is 4. The van der Waals surface area contributed by atoms with Crippen molar-refractivity contribution in [1.29, 1.82) is 0 Å². The fraction of sp³-hybridized carbons (Fsp3) is 0.136. The van der Waals surface area contributed by atoms with Crippen LogP contribution in [0.25, 0.3) is 0 Å². The topological polar surface area (TPSA) is 122 Å². The molecule has 2 heterocycles. The Balaban J connectivity index is 1.81. The van der Waals surface area contributed by atoms with Crippen LogP contribution in [0, 0.1) is 16.0 Å². The molecule has 5 rings (SSSR count). The summed E-state index contributed by atoms with van der Waals surface area (Å²) in [5.74, 6) is -1.79. The number of nitrogens with zero attached hydrogens (tertiary/aromatic N) is 1. The number of hydrogen-bond donors (Lipinski definition) is 3. The zero-order valence-electron chi connectivity index (χ0n) is 15.5. The van der Waals surface area contributed by atoms with Gasteiger partial charge in [0.2, 0.25) is 0 Å². The maximum absolute atomic E-state index is 13.1. The molecule has 0 fully saturated rings. The highest BCUT2D eigenvalue weighted by Crippen LogP contribution is 2.56. The van der Waals surface area contributed by atoms with E-state index in [1.165, 1.54) is 24.3 Å². The second-order valence-electron chi connectivity index (χ2n) is 7.33. The van der Waals surface area contributed by atoms with Crippen LogP contribution in [0.3, 0.4) is 0 Å². The van der Waals surface area contributed by atoms with Crippen LogP contribution in [-0.2, 0) is 4.79 Å². The van der Waals surface area contributed by atoms with Crippen molar-refractivity contribution in [3.63, 3.8) is 0 Å². The van der Waals surface area contributed by atoms with E-state index >= 15 is 0 Å². The molecule has 8 nitrogen and oxygen atoms in total. The molecule has 0 radical (unpaired) electrons. The molecule has 8 heteroatoms. The Bertz CT molecular complexity index is 1190. The van der Waals surface area contributed by atoms with Crippen LogP contribution in [0.1, 0.15) is 28.7 Å². The lowest BCUT2D eigenvalue weighted by atomic mass is 9.70. The third-order valence-corrected chi connectivity index (χ3v) is 5.72. The molecule has 0 unspecified atom stereocenters. The SMILES string of the molecule is O=C1Oc2ccccc2[C@@H]2Nc3c(O)ccc([N+](=O)[O-])c3[C@H](c3ccc(O)cc3)[C@@H]12. The number of esters is 1. The lowest BCUT2D eigenvalue weighted by Gasteiger charge is -2.42. The number of rotatable bonds is 2. The number of carbonyl (C=O) groups is 1. The predicted molar refractivity (Wildman–Crippen MR) is 107 cm³/mol. The van der Waals surface area contributed by atoms with Crippen molar-refractivity contribution in [2.24, 2.45) is 5.92 Å². The van der Waals surface area contributed by atoms with Gasteiger partial charge in [-0.15, -0.1) is 0 Å². The summed E-state index contributed by atoms with van der Waals surface area (Å²) in [6.07, 6.45) is 0. The second kappa shape index (κ2) is 6.48. The van der Waals surface area contributed by atoms with Crippen LogP contribution in [0.4, 0.5) is 11.4 Å². The highest BCUT2D eigenvalue weighted by Gasteiger charge is 2.50. The summed E-state index contributed by atoms with van der Waals surface area (Å²) in [5.41, 5.74) is 1.53. The number of anilines is 1. The number of benzene rings is 3. The van der Waals surface area contributed by atoms with Crippen molar-refractivity contribution >= 4 is 17.3 Å². The monoisotopic (exact) mass is 404 g/mol. The Morgan fingerprint density at radius 1 is 1.00 bits per heavy atom. The van der Waals surface area contributed by atoms with Gasteiger partial charge in [0.15, 0.2) is 0 Å². The van der Waals surface area contributed by atoms with Crippen molar-refractivity contribution in [2.45, 2.75) is 12.0 Å². The molecule has 0 spiro atoms. The quantitative estimate of drug-likeness (QED) is 0.195. The first-order valence-corrected chi connectivity index (χ1v) is 9.32. The van der Waals surface area contributed by atoms with Gasteiger partial charge in [0.05, 0.1) is 28.1 Å². The largest absolute Gasteiger partial charge is 0.508 e. The van der Waals surface area contributed by atoms with E-state index in [-0.39, 0.29) is 28.4 Å². The Labute approximate surface area is 170 Å². The van der Waals surface area contributed by atoms with E-state index in [2.05, 4.69) is 5.32 Å². The molecule has 3 N–H and O–H groups in total. The summed E-state index contributed by atoms with van der Waals surface area (Å²) in [4.78, 5) is 24.3.